The number of hydrogen-bond donors (Lipinski definition) is 0. The third-order valence-electron chi connectivity index (χ3n) is 2.27. The van der Waals surface area contributed by atoms with Crippen molar-refractivity contribution in [3.05, 3.63) is 34.1 Å². The molecule has 1 aromatic heterocycles. The van der Waals surface area contributed by atoms with Crippen LogP contribution in [0.2, 0.25) is 0 Å². The first-order valence-corrected chi connectivity index (χ1v) is 5.24. The summed E-state index contributed by atoms with van der Waals surface area (Å²) < 4.78 is 4.75. The summed E-state index contributed by atoms with van der Waals surface area (Å²) in [4.78, 5) is 36.9. The number of aromatic nitrogens is 1. The first kappa shape index (κ1) is 13.8. The number of nitro groups is 1. The second-order valence-corrected chi connectivity index (χ2v) is 3.49. The van der Waals surface area contributed by atoms with Crippen molar-refractivity contribution in [1.82, 2.24) is 4.98 Å². The molecule has 0 aliphatic heterocycles. The monoisotopic (exact) mass is 252 g/mol. The van der Waals surface area contributed by atoms with Gasteiger partial charge in [-0.15, -0.1) is 0 Å². The van der Waals surface area contributed by atoms with Crippen LogP contribution < -0.4 is 0 Å². The predicted octanol–water partition coefficient (Wildman–Crippen LogP) is 1.23. The number of esters is 1. The molecule has 0 aliphatic carbocycles. The van der Waals surface area contributed by atoms with Gasteiger partial charge in [-0.1, -0.05) is 0 Å². The lowest BCUT2D eigenvalue weighted by Gasteiger charge is -2.12. The highest BCUT2D eigenvalue weighted by molar-refractivity contribution is 6.04. The molecule has 18 heavy (non-hydrogen) atoms. The zero-order valence-electron chi connectivity index (χ0n) is 9.95. The number of ether oxygens (including phenoxy) is 1. The summed E-state index contributed by atoms with van der Waals surface area (Å²) >= 11 is 0. The highest BCUT2D eigenvalue weighted by Crippen LogP contribution is 2.27. The Labute approximate surface area is 103 Å². The van der Waals surface area contributed by atoms with Crippen molar-refractivity contribution in [2.75, 3.05) is 6.61 Å². The fraction of sp³-hybridized carbons (Fsp3) is 0.364. The van der Waals surface area contributed by atoms with Gasteiger partial charge in [0, 0.05) is 6.20 Å². The van der Waals surface area contributed by atoms with Gasteiger partial charge in [0.05, 0.1) is 17.1 Å². The Morgan fingerprint density at radius 2 is 2.22 bits per heavy atom. The van der Waals surface area contributed by atoms with Gasteiger partial charge in [0.1, 0.15) is 17.9 Å². The summed E-state index contributed by atoms with van der Waals surface area (Å²) in [6, 6.07) is 1.28. The van der Waals surface area contributed by atoms with Crippen LogP contribution in [0.4, 0.5) is 5.69 Å². The van der Waals surface area contributed by atoms with Crippen LogP contribution in [0.1, 0.15) is 25.3 Å². The molecule has 1 atom stereocenters. The van der Waals surface area contributed by atoms with E-state index >= 15 is 0 Å². The molecule has 0 bridgehead atoms. The molecular weight excluding hydrogens is 240 g/mol. The molecule has 0 aliphatic rings. The lowest BCUT2D eigenvalue weighted by atomic mass is 9.95. The van der Waals surface area contributed by atoms with E-state index in [-0.39, 0.29) is 17.9 Å². The van der Waals surface area contributed by atoms with Gasteiger partial charge in [-0.3, -0.25) is 24.7 Å². The zero-order chi connectivity index (χ0) is 13.7. The summed E-state index contributed by atoms with van der Waals surface area (Å²) in [6.07, 6.45) is 2.29. The molecule has 7 nitrogen and oxygen atoms in total. The van der Waals surface area contributed by atoms with Gasteiger partial charge in [0.2, 0.25) is 0 Å². The van der Waals surface area contributed by atoms with E-state index < -0.39 is 22.6 Å². The van der Waals surface area contributed by atoms with Crippen molar-refractivity contribution in [3.8, 4) is 0 Å². The largest absolute Gasteiger partial charge is 0.465 e. The normalized spacial score (nSPS) is 11.7. The highest BCUT2D eigenvalue weighted by Gasteiger charge is 2.32. The van der Waals surface area contributed by atoms with E-state index in [0.29, 0.717) is 0 Å². The summed E-state index contributed by atoms with van der Waals surface area (Å²) in [6.45, 7) is 2.88. The molecule has 1 rings (SSSR count). The van der Waals surface area contributed by atoms with Crippen LogP contribution in [0.3, 0.4) is 0 Å². The zero-order valence-corrected chi connectivity index (χ0v) is 9.95. The Hall–Kier alpha value is -2.31. The van der Waals surface area contributed by atoms with Crippen molar-refractivity contribution < 1.29 is 19.2 Å². The average Bonchev–Trinajstić information content (AvgIpc) is 2.29. The topological polar surface area (TPSA) is 99.4 Å². The van der Waals surface area contributed by atoms with E-state index in [1.165, 1.54) is 19.2 Å². The van der Waals surface area contributed by atoms with Crippen molar-refractivity contribution in [2.24, 2.45) is 0 Å². The number of rotatable bonds is 5. The molecule has 0 saturated carbocycles. The second-order valence-electron chi connectivity index (χ2n) is 3.49. The molecule has 96 valence electrons. The van der Waals surface area contributed by atoms with E-state index in [4.69, 9.17) is 4.74 Å². The Morgan fingerprint density at radius 1 is 1.56 bits per heavy atom. The summed E-state index contributed by atoms with van der Waals surface area (Å²) in [5.41, 5.74) is -0.369. The molecule has 1 heterocycles. The van der Waals surface area contributed by atoms with Crippen LogP contribution in [-0.4, -0.2) is 28.3 Å². The number of carbonyl (C=O) groups is 2. The van der Waals surface area contributed by atoms with Crippen molar-refractivity contribution in [3.63, 3.8) is 0 Å². The summed E-state index contributed by atoms with van der Waals surface area (Å²) in [7, 11) is 0. The Bertz CT molecular complexity index is 486. The van der Waals surface area contributed by atoms with Gasteiger partial charge in [-0.25, -0.2) is 0 Å². The molecule has 0 saturated heterocycles. The minimum Gasteiger partial charge on any atom is -0.465 e. The fourth-order valence-corrected chi connectivity index (χ4v) is 1.53. The Kier molecular flexibility index (Phi) is 4.47. The van der Waals surface area contributed by atoms with Crippen molar-refractivity contribution in [2.45, 2.75) is 19.8 Å². The van der Waals surface area contributed by atoms with Crippen molar-refractivity contribution >= 4 is 17.4 Å². The predicted molar refractivity (Wildman–Crippen MR) is 60.9 cm³/mol. The molecule has 0 aromatic carbocycles. The van der Waals surface area contributed by atoms with E-state index in [1.807, 2.05) is 0 Å². The number of carbonyl (C=O) groups excluding carboxylic acids is 2. The van der Waals surface area contributed by atoms with Gasteiger partial charge in [-0.05, 0) is 19.9 Å². The second kappa shape index (κ2) is 5.85. The van der Waals surface area contributed by atoms with Crippen LogP contribution in [-0.2, 0) is 14.3 Å². The molecule has 0 spiro atoms. The van der Waals surface area contributed by atoms with E-state index in [1.54, 1.807) is 6.92 Å². The standard InChI is InChI=1S/C11H12N2O5/c1-3-18-11(15)10(7(2)14)8-4-5-12-6-9(8)13(16)17/h4-6,10H,3H2,1-2H3. The summed E-state index contributed by atoms with van der Waals surface area (Å²) in [5, 5.41) is 10.8. The van der Waals surface area contributed by atoms with E-state index in [2.05, 4.69) is 4.98 Å². The van der Waals surface area contributed by atoms with Crippen LogP contribution >= 0.6 is 0 Å². The average molecular weight is 252 g/mol. The van der Waals surface area contributed by atoms with Gasteiger partial charge >= 0.3 is 5.97 Å². The lowest BCUT2D eigenvalue weighted by Crippen LogP contribution is -2.23. The minimum absolute atomic E-state index is 0.000880. The van der Waals surface area contributed by atoms with Gasteiger partial charge in [0.25, 0.3) is 5.69 Å². The van der Waals surface area contributed by atoms with E-state index in [9.17, 15) is 19.7 Å². The summed E-state index contributed by atoms with van der Waals surface area (Å²) in [5.74, 6) is -2.59. The number of pyridine rings is 1. The third kappa shape index (κ3) is 2.88. The first-order valence-electron chi connectivity index (χ1n) is 5.24. The minimum atomic E-state index is -1.28. The maximum Gasteiger partial charge on any atom is 0.321 e. The molecule has 7 heteroatoms. The number of Topliss-reactive ketones (excluding diaryl/α,β-unsaturated/α-hetero) is 1. The molecule has 1 unspecified atom stereocenters. The fourth-order valence-electron chi connectivity index (χ4n) is 1.53. The van der Waals surface area contributed by atoms with Gasteiger partial charge in [0.15, 0.2) is 0 Å². The maximum atomic E-state index is 11.7. The van der Waals surface area contributed by atoms with Crippen LogP contribution in [0, 0.1) is 10.1 Å². The van der Waals surface area contributed by atoms with Crippen LogP contribution in [0.5, 0.6) is 0 Å². The molecule has 0 N–H and O–H groups in total. The van der Waals surface area contributed by atoms with E-state index in [0.717, 1.165) is 6.20 Å². The van der Waals surface area contributed by atoms with Crippen molar-refractivity contribution in [1.29, 1.82) is 0 Å². The van der Waals surface area contributed by atoms with Crippen LogP contribution in [0.15, 0.2) is 18.5 Å². The molecule has 1 aromatic rings. The number of hydrogen-bond acceptors (Lipinski definition) is 6. The van der Waals surface area contributed by atoms with Crippen LogP contribution in [0.25, 0.3) is 0 Å². The molecule has 0 fully saturated rings. The van der Waals surface area contributed by atoms with Gasteiger partial charge in [-0.2, -0.15) is 0 Å². The third-order valence-corrected chi connectivity index (χ3v) is 2.27. The molecule has 0 amide bonds. The number of ketones is 1. The smallest absolute Gasteiger partial charge is 0.321 e. The van der Waals surface area contributed by atoms with Gasteiger partial charge < -0.3 is 4.74 Å². The quantitative estimate of drug-likeness (QED) is 0.338. The SMILES string of the molecule is CCOC(=O)C(C(C)=O)c1ccncc1[N+](=O)[O-]. The Balaban J connectivity index is 3.26. The Morgan fingerprint density at radius 3 is 2.72 bits per heavy atom. The molecular formula is C11H12N2O5. The number of nitrogens with zero attached hydrogens (tertiary/aromatic N) is 2. The first-order chi connectivity index (χ1) is 8.49. The highest BCUT2D eigenvalue weighted by atomic mass is 16.6. The lowest BCUT2D eigenvalue weighted by molar-refractivity contribution is -0.386. The maximum absolute atomic E-state index is 11.7. The molecule has 0 radical (unpaired) electrons.